The van der Waals surface area contributed by atoms with Gasteiger partial charge in [0.15, 0.2) is 0 Å². The lowest BCUT2D eigenvalue weighted by Crippen LogP contribution is -2.25. The lowest BCUT2D eigenvalue weighted by atomic mass is 10.1. The van der Waals surface area contributed by atoms with Crippen molar-refractivity contribution in [2.75, 3.05) is 6.54 Å². The number of allylic oxidation sites excluding steroid dienone is 10. The summed E-state index contributed by atoms with van der Waals surface area (Å²) in [5.41, 5.74) is 2.00. The molecule has 1 rings (SSSR count). The van der Waals surface area contributed by atoms with Crippen molar-refractivity contribution in [3.05, 3.63) is 90.1 Å². The van der Waals surface area contributed by atoms with Crippen LogP contribution in [0.25, 0.3) is 0 Å². The molecule has 1 aromatic rings. The number of hydrogen-bond donors (Lipinski definition) is 2. The van der Waals surface area contributed by atoms with Crippen molar-refractivity contribution < 1.29 is 9.90 Å². The quantitative estimate of drug-likeness (QED) is 0.171. The number of aromatic hydroxyl groups is 1. The summed E-state index contributed by atoms with van der Waals surface area (Å²) in [5, 5.41) is 12.6. The molecule has 0 aliphatic heterocycles. The Kier molecular flexibility index (Phi) is 17.9. The topological polar surface area (TPSA) is 49.3 Å². The molecule has 0 aromatic heterocycles. The number of phenolic OH excluding ortho intramolecular Hbond substituents is 1. The minimum atomic E-state index is 0.130. The molecule has 0 bridgehead atoms. The van der Waals surface area contributed by atoms with Crippen molar-refractivity contribution in [1.82, 2.24) is 5.32 Å². The van der Waals surface area contributed by atoms with Crippen LogP contribution in [0.3, 0.4) is 0 Å². The maximum Gasteiger partial charge on any atom is 0.220 e. The summed E-state index contributed by atoms with van der Waals surface area (Å²) >= 11 is 0. The second-order valence-corrected chi connectivity index (χ2v) is 8.53. The Bertz CT molecular complexity index is 815. The largest absolute Gasteiger partial charge is 0.508 e. The molecule has 0 saturated carbocycles. The summed E-state index contributed by atoms with van der Waals surface area (Å²) in [6, 6.07) is 5.59. The van der Waals surface area contributed by atoms with Crippen LogP contribution in [0.1, 0.15) is 82.3 Å². The normalized spacial score (nSPS) is 12.3. The highest BCUT2D eigenvalue weighted by Gasteiger charge is 2.02. The van der Waals surface area contributed by atoms with Crippen LogP contribution in [-0.2, 0) is 11.2 Å². The van der Waals surface area contributed by atoms with Crippen LogP contribution < -0.4 is 5.32 Å². The van der Waals surface area contributed by atoms with Crippen molar-refractivity contribution in [3.63, 3.8) is 0 Å². The zero-order chi connectivity index (χ0) is 24.7. The molecule has 0 aliphatic rings. The zero-order valence-corrected chi connectivity index (χ0v) is 21.3. The number of phenols is 1. The summed E-state index contributed by atoms with van der Waals surface area (Å²) < 4.78 is 0. The van der Waals surface area contributed by atoms with Crippen LogP contribution in [0.2, 0.25) is 0 Å². The van der Waals surface area contributed by atoms with E-state index < -0.39 is 0 Å². The van der Waals surface area contributed by atoms with E-state index >= 15 is 0 Å². The van der Waals surface area contributed by atoms with Crippen molar-refractivity contribution in [2.24, 2.45) is 0 Å². The molecule has 1 amide bonds. The summed E-state index contributed by atoms with van der Waals surface area (Å²) in [5.74, 6) is 0.447. The molecule has 0 unspecified atom stereocenters. The van der Waals surface area contributed by atoms with Crippen molar-refractivity contribution in [2.45, 2.75) is 84.5 Å². The first-order chi connectivity index (χ1) is 16.6. The third-order valence-electron chi connectivity index (χ3n) is 5.43. The number of carbonyl (C=O) groups is 1. The van der Waals surface area contributed by atoms with Crippen LogP contribution in [-0.4, -0.2) is 17.6 Å². The van der Waals surface area contributed by atoms with Crippen LogP contribution >= 0.6 is 0 Å². The van der Waals surface area contributed by atoms with E-state index in [1.165, 1.54) is 0 Å². The molecule has 0 aliphatic carbocycles. The second kappa shape index (κ2) is 20.8. The minimum Gasteiger partial charge on any atom is -0.508 e. The van der Waals surface area contributed by atoms with Gasteiger partial charge in [0, 0.05) is 13.0 Å². The number of aryl methyl sites for hydroxylation is 1. The van der Waals surface area contributed by atoms with E-state index in [4.69, 9.17) is 0 Å². The number of nitrogens with one attached hydrogen (secondary N) is 1. The summed E-state index contributed by atoms with van der Waals surface area (Å²) in [4.78, 5) is 12.0. The lowest BCUT2D eigenvalue weighted by molar-refractivity contribution is -0.121. The first kappa shape index (κ1) is 29.2. The maximum absolute atomic E-state index is 12.0. The van der Waals surface area contributed by atoms with Gasteiger partial charge in [-0.25, -0.2) is 0 Å². The summed E-state index contributed by atoms with van der Waals surface area (Å²) in [7, 11) is 0. The van der Waals surface area contributed by atoms with Crippen LogP contribution in [0.5, 0.6) is 5.75 Å². The molecule has 2 N–H and O–H groups in total. The van der Waals surface area contributed by atoms with Gasteiger partial charge < -0.3 is 10.4 Å². The molecule has 3 heteroatoms. The van der Waals surface area contributed by atoms with E-state index in [1.54, 1.807) is 6.07 Å². The summed E-state index contributed by atoms with van der Waals surface area (Å²) in [6.45, 7) is 4.68. The lowest BCUT2D eigenvalue weighted by Gasteiger charge is -2.07. The average molecular weight is 464 g/mol. The molecular formula is C31H45NO2. The Morgan fingerprint density at radius 1 is 0.824 bits per heavy atom. The van der Waals surface area contributed by atoms with Gasteiger partial charge in [-0.1, -0.05) is 86.2 Å². The fourth-order valence-electron chi connectivity index (χ4n) is 3.40. The molecule has 0 spiro atoms. The van der Waals surface area contributed by atoms with Gasteiger partial charge in [-0.3, -0.25) is 4.79 Å². The van der Waals surface area contributed by atoms with E-state index in [0.29, 0.717) is 18.7 Å². The van der Waals surface area contributed by atoms with E-state index in [2.05, 4.69) is 73.0 Å². The molecule has 0 radical (unpaired) electrons. The maximum atomic E-state index is 12.0. The number of hydrogen-bond acceptors (Lipinski definition) is 2. The second-order valence-electron chi connectivity index (χ2n) is 8.53. The Morgan fingerprint density at radius 3 is 2.00 bits per heavy atom. The van der Waals surface area contributed by atoms with Crippen molar-refractivity contribution in [3.8, 4) is 5.75 Å². The highest BCUT2D eigenvalue weighted by molar-refractivity contribution is 5.75. The molecule has 0 heterocycles. The average Bonchev–Trinajstić information content (AvgIpc) is 2.83. The molecule has 186 valence electrons. The van der Waals surface area contributed by atoms with Crippen LogP contribution in [0, 0.1) is 6.92 Å². The highest BCUT2D eigenvalue weighted by Crippen LogP contribution is 2.17. The van der Waals surface area contributed by atoms with Gasteiger partial charge in [0.05, 0.1) is 0 Å². The standard InChI is InChI=1S/C31H45NO2/c1-3-4-5-6-7-8-9-10-11-12-13-14-15-16-17-18-19-20-21-22-31(34)32-26-25-29-23-24-30(33)28(2)27-29/h4-5,7-8,10-11,13-14,16-17,23-24,27,33H,3,6,9,12,15,18-22,25-26H2,1-2H3,(H,32,34)/b5-4-,8-7-,11-10-,14-13-,17-16-. The van der Waals surface area contributed by atoms with Gasteiger partial charge in [0.1, 0.15) is 5.75 Å². The molecule has 3 nitrogen and oxygen atoms in total. The Labute approximate surface area is 208 Å². The van der Waals surface area contributed by atoms with Gasteiger partial charge >= 0.3 is 0 Å². The Balaban J connectivity index is 1.94. The fraction of sp³-hybridized carbons (Fsp3) is 0.452. The fourth-order valence-corrected chi connectivity index (χ4v) is 3.40. The van der Waals surface area contributed by atoms with E-state index in [0.717, 1.165) is 75.3 Å². The molecule has 0 saturated heterocycles. The minimum absolute atomic E-state index is 0.130. The predicted octanol–water partition coefficient (Wildman–Crippen LogP) is 8.06. The number of benzene rings is 1. The number of carbonyl (C=O) groups excluding carboxylic acids is 1. The monoisotopic (exact) mass is 463 g/mol. The van der Waals surface area contributed by atoms with Gasteiger partial charge in [0.2, 0.25) is 5.91 Å². The molecule has 1 aromatic carbocycles. The molecule has 0 atom stereocenters. The first-order valence-corrected chi connectivity index (χ1v) is 12.9. The number of rotatable bonds is 18. The zero-order valence-electron chi connectivity index (χ0n) is 21.3. The molecular weight excluding hydrogens is 418 g/mol. The van der Waals surface area contributed by atoms with Crippen molar-refractivity contribution >= 4 is 5.91 Å². The van der Waals surface area contributed by atoms with Crippen LogP contribution in [0.15, 0.2) is 79.0 Å². The first-order valence-electron chi connectivity index (χ1n) is 12.9. The van der Waals surface area contributed by atoms with Gasteiger partial charge in [0.25, 0.3) is 0 Å². The number of amides is 1. The smallest absolute Gasteiger partial charge is 0.220 e. The SMILES string of the molecule is CC/C=C\C/C=C\C/C=C\C/C=C\C/C=C\CCCCCC(=O)NCCc1ccc(O)c(C)c1. The Morgan fingerprint density at radius 2 is 1.41 bits per heavy atom. The predicted molar refractivity (Wildman–Crippen MR) is 147 cm³/mol. The third kappa shape index (κ3) is 16.8. The summed E-state index contributed by atoms with van der Waals surface area (Å²) in [6.07, 6.45) is 32.9. The van der Waals surface area contributed by atoms with E-state index in [1.807, 2.05) is 19.1 Å². The third-order valence-corrected chi connectivity index (χ3v) is 5.43. The van der Waals surface area contributed by atoms with Gasteiger partial charge in [-0.05, 0) is 81.9 Å². The molecule has 34 heavy (non-hydrogen) atoms. The van der Waals surface area contributed by atoms with E-state index in [9.17, 15) is 9.90 Å². The van der Waals surface area contributed by atoms with Gasteiger partial charge in [-0.15, -0.1) is 0 Å². The molecule has 0 fully saturated rings. The van der Waals surface area contributed by atoms with Crippen LogP contribution in [0.4, 0.5) is 0 Å². The van der Waals surface area contributed by atoms with E-state index in [-0.39, 0.29) is 5.91 Å². The van der Waals surface area contributed by atoms with Gasteiger partial charge in [-0.2, -0.15) is 0 Å². The number of unbranched alkanes of at least 4 members (excludes halogenated alkanes) is 3. The highest BCUT2D eigenvalue weighted by atomic mass is 16.3. The Hall–Kier alpha value is -2.81. The van der Waals surface area contributed by atoms with Crippen molar-refractivity contribution in [1.29, 1.82) is 0 Å².